The fourth-order valence-corrected chi connectivity index (χ4v) is 5.11. The number of amides is 1. The van der Waals surface area contributed by atoms with E-state index in [1.165, 1.54) is 0 Å². The molecule has 0 spiro atoms. The molecule has 0 saturated carbocycles. The number of alkyl carbamates (subject to hydrolysis) is 1. The van der Waals surface area contributed by atoms with Gasteiger partial charge < -0.3 is 10.1 Å². The fourth-order valence-electron chi connectivity index (χ4n) is 4.72. The molecule has 1 unspecified atom stereocenters. The predicted molar refractivity (Wildman–Crippen MR) is 102 cm³/mol. The van der Waals surface area contributed by atoms with Gasteiger partial charge in [0.15, 0.2) is 0 Å². The molecule has 3 saturated heterocycles. The molecule has 1 aromatic rings. The minimum absolute atomic E-state index is 0.0228. The van der Waals surface area contributed by atoms with Crippen molar-refractivity contribution in [1.82, 2.24) is 10.2 Å². The van der Waals surface area contributed by atoms with Crippen molar-refractivity contribution in [2.24, 2.45) is 11.3 Å². The predicted octanol–water partition coefficient (Wildman–Crippen LogP) is 4.42. The van der Waals surface area contributed by atoms with Crippen molar-refractivity contribution >= 4 is 22.0 Å². The summed E-state index contributed by atoms with van der Waals surface area (Å²) in [7, 11) is 0. The highest BCUT2D eigenvalue weighted by molar-refractivity contribution is 9.10. The number of hydrogen-bond acceptors (Lipinski definition) is 3. The van der Waals surface area contributed by atoms with Crippen molar-refractivity contribution in [2.45, 2.75) is 51.7 Å². The minimum Gasteiger partial charge on any atom is -0.445 e. The summed E-state index contributed by atoms with van der Waals surface area (Å²) in [6, 6.07) is 3.15. The highest BCUT2D eigenvalue weighted by Crippen LogP contribution is 2.44. The number of carbonyl (C=O) groups is 1. The first kappa shape index (κ1) is 18.2. The van der Waals surface area contributed by atoms with Crippen LogP contribution in [0.3, 0.4) is 0 Å². The fraction of sp³-hybridized carbons (Fsp3) is 0.650. The second-order valence-corrected chi connectivity index (χ2v) is 9.47. The van der Waals surface area contributed by atoms with Crippen LogP contribution in [-0.4, -0.2) is 36.7 Å². The van der Waals surface area contributed by atoms with Gasteiger partial charge in [0.2, 0.25) is 0 Å². The Balaban J connectivity index is 1.51. The Labute approximate surface area is 162 Å². The lowest BCUT2D eigenvalue weighted by Gasteiger charge is -2.44. The Bertz CT molecular complexity index is 716. The van der Waals surface area contributed by atoms with Crippen LogP contribution in [0.25, 0.3) is 0 Å². The van der Waals surface area contributed by atoms with Crippen LogP contribution in [0.15, 0.2) is 16.6 Å². The van der Waals surface area contributed by atoms with E-state index < -0.39 is 0 Å². The number of carbonyl (C=O) groups excluding carboxylic acids is 1. The molecule has 1 aliphatic carbocycles. The Hall–Kier alpha value is -1.14. The molecule has 1 N–H and O–H groups in total. The molecule has 4 aliphatic rings. The van der Waals surface area contributed by atoms with E-state index in [1.807, 2.05) is 6.07 Å². The third-order valence-corrected chi connectivity index (χ3v) is 7.04. The molecule has 2 atom stereocenters. The Morgan fingerprint density at radius 1 is 1.35 bits per heavy atom. The van der Waals surface area contributed by atoms with E-state index >= 15 is 0 Å². The van der Waals surface area contributed by atoms with Crippen molar-refractivity contribution in [3.63, 3.8) is 0 Å². The zero-order valence-electron chi connectivity index (χ0n) is 15.4. The van der Waals surface area contributed by atoms with Crippen molar-refractivity contribution in [3.05, 3.63) is 33.5 Å². The number of nitrogens with one attached hydrogen (secondary N) is 1. The molecule has 26 heavy (non-hydrogen) atoms. The average Bonchev–Trinajstić information content (AvgIpc) is 2.60. The van der Waals surface area contributed by atoms with E-state index in [9.17, 15) is 9.18 Å². The van der Waals surface area contributed by atoms with Gasteiger partial charge in [0, 0.05) is 6.54 Å². The van der Waals surface area contributed by atoms with Crippen LogP contribution in [0.2, 0.25) is 0 Å². The van der Waals surface area contributed by atoms with Crippen molar-refractivity contribution < 1.29 is 13.9 Å². The van der Waals surface area contributed by atoms with Crippen LogP contribution >= 0.6 is 15.9 Å². The van der Waals surface area contributed by atoms with Crippen LogP contribution in [0.5, 0.6) is 0 Å². The third-order valence-electron chi connectivity index (χ3n) is 6.43. The maximum Gasteiger partial charge on any atom is 0.407 e. The molecular formula is C20H26BrFN2O2. The zero-order valence-corrected chi connectivity index (χ0v) is 16.9. The van der Waals surface area contributed by atoms with Gasteiger partial charge in [-0.15, -0.1) is 0 Å². The number of fused-ring (bicyclic) bond motifs is 4. The lowest BCUT2D eigenvalue weighted by atomic mass is 9.70. The van der Waals surface area contributed by atoms with Gasteiger partial charge in [-0.25, -0.2) is 9.18 Å². The molecule has 3 aliphatic heterocycles. The van der Waals surface area contributed by atoms with Gasteiger partial charge >= 0.3 is 6.09 Å². The molecule has 0 aromatic heterocycles. The molecule has 4 nitrogen and oxygen atoms in total. The van der Waals surface area contributed by atoms with Crippen LogP contribution < -0.4 is 5.32 Å². The topological polar surface area (TPSA) is 41.6 Å². The van der Waals surface area contributed by atoms with Crippen molar-refractivity contribution in [1.29, 1.82) is 0 Å². The van der Waals surface area contributed by atoms with E-state index in [2.05, 4.69) is 40.0 Å². The number of ether oxygens (including phenoxy) is 1. The molecule has 0 radical (unpaired) electrons. The summed E-state index contributed by atoms with van der Waals surface area (Å²) in [6.07, 6.45) is 3.63. The van der Waals surface area contributed by atoms with Gasteiger partial charge in [-0.05, 0) is 89.3 Å². The summed E-state index contributed by atoms with van der Waals surface area (Å²) in [5.41, 5.74) is 1.81. The van der Waals surface area contributed by atoms with Gasteiger partial charge in [-0.2, -0.15) is 0 Å². The Kier molecular flexibility index (Phi) is 4.76. The van der Waals surface area contributed by atoms with Gasteiger partial charge in [0.05, 0.1) is 10.5 Å². The number of hydrogen-bond donors (Lipinski definition) is 1. The smallest absolute Gasteiger partial charge is 0.407 e. The summed E-state index contributed by atoms with van der Waals surface area (Å²) in [5.74, 6) is 0.185. The van der Waals surface area contributed by atoms with E-state index in [0.29, 0.717) is 10.4 Å². The minimum atomic E-state index is -0.377. The first-order chi connectivity index (χ1) is 12.3. The number of aryl methyl sites for hydroxylation is 1. The van der Waals surface area contributed by atoms with E-state index in [-0.39, 0.29) is 29.5 Å². The molecule has 142 valence electrons. The van der Waals surface area contributed by atoms with Crippen LogP contribution in [0.4, 0.5) is 9.18 Å². The maximum atomic E-state index is 14.1. The number of piperidine rings is 3. The Morgan fingerprint density at radius 2 is 2.08 bits per heavy atom. The molecule has 2 bridgehead atoms. The van der Waals surface area contributed by atoms with Crippen LogP contribution in [-0.2, 0) is 11.2 Å². The average molecular weight is 425 g/mol. The van der Waals surface area contributed by atoms with Gasteiger partial charge in [-0.3, -0.25) is 4.90 Å². The van der Waals surface area contributed by atoms with Gasteiger partial charge in [0.1, 0.15) is 11.9 Å². The molecule has 5 rings (SSSR count). The normalized spacial score (nSPS) is 32.0. The maximum absolute atomic E-state index is 14.1. The number of nitrogens with zero attached hydrogens (tertiary/aromatic N) is 1. The SMILES string of the molecule is CC1(C)CCc2cc(Br)c(F)cc2C1NC(=O)O[C@@H]1CN2CCC1CC2. The van der Waals surface area contributed by atoms with Gasteiger partial charge in [-0.1, -0.05) is 13.8 Å². The molecular weight excluding hydrogens is 399 g/mol. The van der Waals surface area contributed by atoms with E-state index in [4.69, 9.17) is 4.74 Å². The zero-order chi connectivity index (χ0) is 18.5. The molecule has 1 amide bonds. The first-order valence-corrected chi connectivity index (χ1v) is 10.3. The first-order valence-electron chi connectivity index (χ1n) is 9.51. The van der Waals surface area contributed by atoms with Crippen LogP contribution in [0.1, 0.15) is 50.3 Å². The molecule has 6 heteroatoms. The van der Waals surface area contributed by atoms with Crippen molar-refractivity contribution in [2.75, 3.05) is 19.6 Å². The second-order valence-electron chi connectivity index (χ2n) is 8.61. The summed E-state index contributed by atoms with van der Waals surface area (Å²) in [4.78, 5) is 15.0. The molecule has 1 aromatic carbocycles. The van der Waals surface area contributed by atoms with Crippen molar-refractivity contribution in [3.8, 4) is 0 Å². The lowest BCUT2D eigenvalue weighted by molar-refractivity contribution is -0.0353. The highest BCUT2D eigenvalue weighted by atomic mass is 79.9. The summed E-state index contributed by atoms with van der Waals surface area (Å²) < 4.78 is 20.4. The summed E-state index contributed by atoms with van der Waals surface area (Å²) in [5, 5.41) is 3.06. The summed E-state index contributed by atoms with van der Waals surface area (Å²) >= 11 is 3.27. The van der Waals surface area contributed by atoms with E-state index in [0.717, 1.165) is 56.4 Å². The summed E-state index contributed by atoms with van der Waals surface area (Å²) in [6.45, 7) is 7.31. The van der Waals surface area contributed by atoms with Crippen LogP contribution in [0, 0.1) is 17.2 Å². The largest absolute Gasteiger partial charge is 0.445 e. The monoisotopic (exact) mass is 424 g/mol. The number of halogens is 2. The number of rotatable bonds is 2. The quantitative estimate of drug-likeness (QED) is 0.763. The standard InChI is InChI=1S/C20H26BrFN2O2/c1-20(2)6-3-13-9-15(21)16(22)10-14(13)18(20)23-19(25)26-17-11-24-7-4-12(17)5-8-24/h9-10,12,17-18H,3-8,11H2,1-2H3,(H,23,25)/t17-,18?/m1/s1. The molecule has 3 heterocycles. The second kappa shape index (κ2) is 6.79. The molecule has 3 fully saturated rings. The number of benzene rings is 1. The third kappa shape index (κ3) is 3.38. The Morgan fingerprint density at radius 3 is 2.73 bits per heavy atom. The lowest BCUT2D eigenvalue weighted by Crippen LogP contribution is -2.53. The van der Waals surface area contributed by atoms with Gasteiger partial charge in [0.25, 0.3) is 0 Å². The highest BCUT2D eigenvalue weighted by Gasteiger charge is 2.40. The van der Waals surface area contributed by atoms with E-state index in [1.54, 1.807) is 6.07 Å².